The number of hydrogen-bond acceptors (Lipinski definition) is 6. The third-order valence-electron chi connectivity index (χ3n) is 7.13. The number of halogens is 1. The monoisotopic (exact) mass is 576 g/mol. The lowest BCUT2D eigenvalue weighted by Gasteiger charge is -2.31. The van der Waals surface area contributed by atoms with Crippen molar-refractivity contribution in [3.05, 3.63) is 103 Å². The fourth-order valence-corrected chi connectivity index (χ4v) is 5.16. The van der Waals surface area contributed by atoms with Gasteiger partial charge in [-0.3, -0.25) is 24.3 Å². The van der Waals surface area contributed by atoms with Gasteiger partial charge in [0.1, 0.15) is 11.6 Å². The Balaban J connectivity index is 1.91. The number of para-hydroxylation sites is 1. The van der Waals surface area contributed by atoms with Gasteiger partial charge in [-0.25, -0.2) is 4.98 Å². The number of aromatic nitrogens is 2. The maximum absolute atomic E-state index is 14.0. The number of nitrogens with zero attached hydrogens (tertiary/aromatic N) is 4. The van der Waals surface area contributed by atoms with Crippen molar-refractivity contribution in [3.63, 3.8) is 0 Å². The lowest BCUT2D eigenvalue weighted by Crippen LogP contribution is -2.38. The van der Waals surface area contributed by atoms with Gasteiger partial charge in [0.25, 0.3) is 17.2 Å². The van der Waals surface area contributed by atoms with E-state index in [0.717, 1.165) is 31.2 Å². The number of amides is 1. The standard InChI is InChI=1S/C31H33ClN4O5/c1-5-6-7-10-17-34(30(37)23-15-14-22(36(39)40)19-25(23)32)21(3)29-33-26-12-9-8-11-24(26)31(38)35(29)27-18-20(2)13-16-28(27)41-4/h8-9,11-16,18-19,21H,5-7,10,17H2,1-4H3. The van der Waals surface area contributed by atoms with Gasteiger partial charge in [-0.05, 0) is 56.2 Å². The minimum absolute atomic E-state index is 0.0147. The number of ether oxygens (including phenoxy) is 1. The van der Waals surface area contributed by atoms with Crippen molar-refractivity contribution in [2.45, 2.75) is 52.5 Å². The van der Waals surface area contributed by atoms with Gasteiger partial charge in [0.2, 0.25) is 0 Å². The van der Waals surface area contributed by atoms with Crippen LogP contribution in [0.15, 0.2) is 65.5 Å². The van der Waals surface area contributed by atoms with Gasteiger partial charge in [0.15, 0.2) is 0 Å². The first kappa shape index (κ1) is 29.7. The third kappa shape index (κ3) is 6.25. The largest absolute Gasteiger partial charge is 0.495 e. The molecule has 0 N–H and O–H groups in total. The molecular weight excluding hydrogens is 544 g/mol. The molecule has 0 radical (unpaired) electrons. The summed E-state index contributed by atoms with van der Waals surface area (Å²) in [5.74, 6) is 0.445. The highest BCUT2D eigenvalue weighted by molar-refractivity contribution is 6.34. The smallest absolute Gasteiger partial charge is 0.270 e. The number of unbranched alkanes of at least 4 members (excludes halogenated alkanes) is 3. The molecule has 1 aromatic heterocycles. The quantitative estimate of drug-likeness (QED) is 0.108. The highest BCUT2D eigenvalue weighted by Gasteiger charge is 2.30. The van der Waals surface area contributed by atoms with Gasteiger partial charge >= 0.3 is 0 Å². The van der Waals surface area contributed by atoms with E-state index in [1.54, 1.807) is 29.2 Å². The topological polar surface area (TPSA) is 108 Å². The number of hydrogen-bond donors (Lipinski definition) is 0. The Morgan fingerprint density at radius 1 is 1.12 bits per heavy atom. The van der Waals surface area contributed by atoms with Crippen LogP contribution in [0, 0.1) is 17.0 Å². The summed E-state index contributed by atoms with van der Waals surface area (Å²) < 4.78 is 7.15. The summed E-state index contributed by atoms with van der Waals surface area (Å²) >= 11 is 6.40. The first-order chi connectivity index (χ1) is 19.7. The van der Waals surface area contributed by atoms with Crippen LogP contribution in [0.2, 0.25) is 5.02 Å². The van der Waals surface area contributed by atoms with Crippen LogP contribution in [0.4, 0.5) is 5.69 Å². The number of carbonyl (C=O) groups is 1. The summed E-state index contributed by atoms with van der Waals surface area (Å²) in [6.07, 6.45) is 3.66. The molecule has 4 rings (SSSR count). The average Bonchev–Trinajstić information content (AvgIpc) is 2.96. The SMILES string of the molecule is CCCCCCN(C(=O)c1ccc([N+](=O)[O-])cc1Cl)C(C)c1nc2ccccc2c(=O)n1-c1cc(C)ccc1OC. The molecular formula is C31H33ClN4O5. The number of rotatable bonds is 11. The number of nitro benzene ring substituents is 1. The summed E-state index contributed by atoms with van der Waals surface area (Å²) in [6, 6.07) is 15.8. The minimum Gasteiger partial charge on any atom is -0.495 e. The number of benzene rings is 3. The van der Waals surface area contributed by atoms with Crippen LogP contribution < -0.4 is 10.3 Å². The third-order valence-corrected chi connectivity index (χ3v) is 7.44. The normalized spacial score (nSPS) is 11.8. The van der Waals surface area contributed by atoms with E-state index in [4.69, 9.17) is 21.3 Å². The van der Waals surface area contributed by atoms with Crippen LogP contribution in [0.25, 0.3) is 16.6 Å². The van der Waals surface area contributed by atoms with Crippen molar-refractivity contribution in [1.82, 2.24) is 14.5 Å². The van der Waals surface area contributed by atoms with E-state index in [0.29, 0.717) is 34.7 Å². The molecule has 0 bridgehead atoms. The number of non-ortho nitro benzene ring substituents is 1. The molecule has 4 aromatic rings. The molecule has 0 saturated heterocycles. The van der Waals surface area contributed by atoms with E-state index >= 15 is 0 Å². The second-order valence-electron chi connectivity index (χ2n) is 9.96. The number of nitro groups is 1. The molecule has 41 heavy (non-hydrogen) atoms. The highest BCUT2D eigenvalue weighted by Crippen LogP contribution is 2.31. The van der Waals surface area contributed by atoms with E-state index < -0.39 is 16.9 Å². The summed E-state index contributed by atoms with van der Waals surface area (Å²) in [5, 5.41) is 11.7. The van der Waals surface area contributed by atoms with Gasteiger partial charge in [0, 0.05) is 18.7 Å². The summed E-state index contributed by atoms with van der Waals surface area (Å²) in [7, 11) is 1.54. The molecule has 1 unspecified atom stereocenters. The predicted octanol–water partition coefficient (Wildman–Crippen LogP) is 7.05. The lowest BCUT2D eigenvalue weighted by atomic mass is 10.1. The number of aryl methyl sites for hydroxylation is 1. The van der Waals surface area contributed by atoms with Crippen LogP contribution in [0.5, 0.6) is 5.75 Å². The van der Waals surface area contributed by atoms with Gasteiger partial charge in [-0.1, -0.05) is 56.0 Å². The Bertz CT molecular complexity index is 1650. The zero-order valence-corrected chi connectivity index (χ0v) is 24.4. The second kappa shape index (κ2) is 13.0. The van der Waals surface area contributed by atoms with E-state index in [1.807, 2.05) is 32.0 Å². The van der Waals surface area contributed by atoms with Crippen molar-refractivity contribution >= 4 is 34.1 Å². The minimum atomic E-state index is -0.669. The molecule has 0 aliphatic rings. The predicted molar refractivity (Wildman–Crippen MR) is 160 cm³/mol. The fraction of sp³-hybridized carbons (Fsp3) is 0.323. The molecule has 9 nitrogen and oxygen atoms in total. The van der Waals surface area contributed by atoms with E-state index in [9.17, 15) is 19.7 Å². The molecule has 0 saturated carbocycles. The number of methoxy groups -OCH3 is 1. The van der Waals surface area contributed by atoms with Crippen molar-refractivity contribution in [3.8, 4) is 11.4 Å². The van der Waals surface area contributed by atoms with Crippen molar-refractivity contribution in [2.75, 3.05) is 13.7 Å². The molecule has 0 spiro atoms. The van der Waals surface area contributed by atoms with E-state index in [-0.39, 0.29) is 21.8 Å². The number of fused-ring (bicyclic) bond motifs is 1. The molecule has 1 heterocycles. The van der Waals surface area contributed by atoms with E-state index in [2.05, 4.69) is 6.92 Å². The molecule has 1 amide bonds. The summed E-state index contributed by atoms with van der Waals surface area (Å²) in [5.41, 5.74) is 1.60. The van der Waals surface area contributed by atoms with Crippen LogP contribution in [0.3, 0.4) is 0 Å². The van der Waals surface area contributed by atoms with Crippen molar-refractivity contribution in [2.24, 2.45) is 0 Å². The Morgan fingerprint density at radius 2 is 1.88 bits per heavy atom. The van der Waals surface area contributed by atoms with Crippen LogP contribution in [-0.4, -0.2) is 38.9 Å². The number of carbonyl (C=O) groups excluding carboxylic acids is 1. The van der Waals surface area contributed by atoms with Crippen molar-refractivity contribution in [1.29, 1.82) is 0 Å². The molecule has 214 valence electrons. The molecule has 0 fully saturated rings. The molecule has 3 aromatic carbocycles. The van der Waals surface area contributed by atoms with Gasteiger partial charge in [-0.15, -0.1) is 0 Å². The Kier molecular flexibility index (Phi) is 9.39. The maximum Gasteiger partial charge on any atom is 0.270 e. The lowest BCUT2D eigenvalue weighted by molar-refractivity contribution is -0.384. The zero-order valence-electron chi connectivity index (χ0n) is 23.6. The Morgan fingerprint density at radius 3 is 2.56 bits per heavy atom. The molecule has 10 heteroatoms. The van der Waals surface area contributed by atoms with Crippen LogP contribution in [-0.2, 0) is 0 Å². The summed E-state index contributed by atoms with van der Waals surface area (Å²) in [4.78, 5) is 45.3. The maximum atomic E-state index is 14.0. The first-order valence-corrected chi connectivity index (χ1v) is 14.0. The Labute approximate surface area is 243 Å². The average molecular weight is 577 g/mol. The van der Waals surface area contributed by atoms with Gasteiger partial charge < -0.3 is 9.64 Å². The first-order valence-electron chi connectivity index (χ1n) is 13.6. The summed E-state index contributed by atoms with van der Waals surface area (Å²) in [6.45, 7) is 6.23. The van der Waals surface area contributed by atoms with Crippen molar-refractivity contribution < 1.29 is 14.5 Å². The molecule has 0 aliphatic heterocycles. The molecule has 1 atom stereocenters. The van der Waals surface area contributed by atoms with Crippen LogP contribution in [0.1, 0.15) is 67.3 Å². The second-order valence-corrected chi connectivity index (χ2v) is 10.4. The zero-order chi connectivity index (χ0) is 29.7. The van der Waals surface area contributed by atoms with E-state index in [1.165, 1.54) is 29.9 Å². The molecule has 0 aliphatic carbocycles. The fourth-order valence-electron chi connectivity index (χ4n) is 4.90. The van der Waals surface area contributed by atoms with Crippen LogP contribution >= 0.6 is 11.6 Å². The Hall–Kier alpha value is -4.24. The van der Waals surface area contributed by atoms with Gasteiger partial charge in [-0.2, -0.15) is 0 Å². The highest BCUT2D eigenvalue weighted by atomic mass is 35.5. The van der Waals surface area contributed by atoms with Gasteiger partial charge in [0.05, 0.1) is 45.3 Å².